The molecule has 0 aliphatic carbocycles. The quantitative estimate of drug-likeness (QED) is 0.773. The molecule has 1 aromatic rings. The minimum Gasteiger partial charge on any atom is -0.346 e. The Kier molecular flexibility index (Phi) is 3.21. The van der Waals surface area contributed by atoms with E-state index in [1.807, 2.05) is 0 Å². The minimum atomic E-state index is -0.291. The number of halogens is 1. The van der Waals surface area contributed by atoms with Crippen LogP contribution in [-0.4, -0.2) is 40.5 Å². The fraction of sp³-hybridized carbons (Fsp3) is 0.444. The van der Waals surface area contributed by atoms with Gasteiger partial charge in [0.05, 0.1) is 18.8 Å². The average molecular weight is 242 g/mol. The van der Waals surface area contributed by atoms with Crippen LogP contribution in [0.5, 0.6) is 0 Å². The molecule has 0 bridgehead atoms. The van der Waals surface area contributed by atoms with Crippen LogP contribution in [0.2, 0.25) is 0 Å². The zero-order valence-corrected chi connectivity index (χ0v) is 9.37. The summed E-state index contributed by atoms with van der Waals surface area (Å²) in [5, 5.41) is 13.8. The summed E-state index contributed by atoms with van der Waals surface area (Å²) in [6, 6.07) is 0.303. The van der Waals surface area contributed by atoms with Gasteiger partial charge in [-0.25, -0.2) is 4.68 Å². The fourth-order valence-corrected chi connectivity index (χ4v) is 1.35. The van der Waals surface area contributed by atoms with E-state index in [0.717, 1.165) is 13.1 Å². The Morgan fingerprint density at radius 3 is 3.06 bits per heavy atom. The van der Waals surface area contributed by atoms with Crippen LogP contribution in [0.4, 0.5) is 0 Å². The van der Waals surface area contributed by atoms with Crippen LogP contribution >= 0.6 is 11.6 Å². The second-order valence-electron chi connectivity index (χ2n) is 3.60. The van der Waals surface area contributed by atoms with E-state index in [0.29, 0.717) is 16.8 Å². The molecule has 0 atom stereocenters. The van der Waals surface area contributed by atoms with Crippen molar-refractivity contribution in [3.63, 3.8) is 0 Å². The molecule has 2 heterocycles. The molecule has 2 N–H and O–H groups in total. The summed E-state index contributed by atoms with van der Waals surface area (Å²) in [6.07, 6.45) is 1.64. The van der Waals surface area contributed by atoms with Crippen LogP contribution in [0.1, 0.15) is 16.5 Å². The summed E-state index contributed by atoms with van der Waals surface area (Å²) in [4.78, 5) is 11.5. The highest BCUT2D eigenvalue weighted by molar-refractivity contribution is 6.29. The highest BCUT2D eigenvalue weighted by atomic mass is 35.5. The topological polar surface area (TPSA) is 71.8 Å². The molecule has 0 saturated carbocycles. The van der Waals surface area contributed by atoms with Crippen molar-refractivity contribution in [2.75, 3.05) is 19.6 Å². The summed E-state index contributed by atoms with van der Waals surface area (Å²) >= 11 is 5.54. The Morgan fingerprint density at radius 1 is 1.75 bits per heavy atom. The van der Waals surface area contributed by atoms with Crippen LogP contribution in [0.25, 0.3) is 0 Å². The smallest absolute Gasteiger partial charge is 0.273 e. The Bertz CT molecular complexity index is 412. The Hall–Kier alpha value is -1.40. The van der Waals surface area contributed by atoms with E-state index < -0.39 is 0 Å². The molecule has 1 aliphatic rings. The number of rotatable bonds is 4. The zero-order chi connectivity index (χ0) is 11.5. The summed E-state index contributed by atoms with van der Waals surface area (Å²) < 4.78 is 1.70. The average Bonchev–Trinajstić information content (AvgIpc) is 2.60. The first-order chi connectivity index (χ1) is 7.66. The van der Waals surface area contributed by atoms with Crippen LogP contribution in [0, 0.1) is 0 Å². The Morgan fingerprint density at radius 2 is 2.50 bits per heavy atom. The van der Waals surface area contributed by atoms with Crippen LogP contribution in [0.15, 0.2) is 17.8 Å². The molecular weight excluding hydrogens is 230 g/mol. The predicted molar refractivity (Wildman–Crippen MR) is 59.3 cm³/mol. The van der Waals surface area contributed by atoms with E-state index in [2.05, 4.69) is 27.5 Å². The molecule has 0 aromatic carbocycles. The van der Waals surface area contributed by atoms with Gasteiger partial charge in [-0.2, -0.15) is 0 Å². The number of hydrogen-bond acceptors (Lipinski definition) is 4. The van der Waals surface area contributed by atoms with Crippen LogP contribution < -0.4 is 10.6 Å². The van der Waals surface area contributed by atoms with Crippen molar-refractivity contribution in [1.82, 2.24) is 25.6 Å². The largest absolute Gasteiger partial charge is 0.346 e. The predicted octanol–water partition coefficient (Wildman–Crippen LogP) is -0.0953. The molecule has 1 aromatic heterocycles. The van der Waals surface area contributed by atoms with Gasteiger partial charge in [-0.05, 0) is 0 Å². The number of nitrogens with one attached hydrogen (secondary N) is 2. The van der Waals surface area contributed by atoms with Crippen molar-refractivity contribution in [3.8, 4) is 0 Å². The highest BCUT2D eigenvalue weighted by Crippen LogP contribution is 2.09. The van der Waals surface area contributed by atoms with Crippen LogP contribution in [0.3, 0.4) is 0 Å². The van der Waals surface area contributed by atoms with Gasteiger partial charge in [0.25, 0.3) is 5.91 Å². The summed E-state index contributed by atoms with van der Waals surface area (Å²) in [6.45, 7) is 5.44. The first-order valence-corrected chi connectivity index (χ1v) is 5.28. The summed E-state index contributed by atoms with van der Waals surface area (Å²) in [5.74, 6) is -0.291. The lowest BCUT2D eigenvalue weighted by Gasteiger charge is -2.26. The normalized spacial score (nSPS) is 15.6. The molecule has 2 rings (SSSR count). The minimum absolute atomic E-state index is 0.234. The van der Waals surface area contributed by atoms with Crippen molar-refractivity contribution >= 4 is 17.5 Å². The van der Waals surface area contributed by atoms with Gasteiger partial charge in [0.2, 0.25) is 0 Å². The van der Waals surface area contributed by atoms with E-state index >= 15 is 0 Å². The second kappa shape index (κ2) is 4.63. The van der Waals surface area contributed by atoms with Crippen molar-refractivity contribution < 1.29 is 4.79 Å². The van der Waals surface area contributed by atoms with Gasteiger partial charge in [-0.1, -0.05) is 23.4 Å². The summed E-state index contributed by atoms with van der Waals surface area (Å²) in [7, 11) is 0. The maximum Gasteiger partial charge on any atom is 0.273 e. The number of nitrogens with zero attached hydrogens (tertiary/aromatic N) is 3. The first kappa shape index (κ1) is 11.1. The zero-order valence-electron chi connectivity index (χ0n) is 8.61. The van der Waals surface area contributed by atoms with E-state index in [9.17, 15) is 4.79 Å². The molecule has 1 fully saturated rings. The van der Waals surface area contributed by atoms with E-state index in [1.54, 1.807) is 10.9 Å². The lowest BCUT2D eigenvalue weighted by Crippen LogP contribution is -2.43. The van der Waals surface area contributed by atoms with E-state index in [1.165, 1.54) is 0 Å². The third kappa shape index (κ3) is 2.40. The van der Waals surface area contributed by atoms with Gasteiger partial charge >= 0.3 is 0 Å². The Labute approximate surface area is 97.7 Å². The molecular formula is C9H12ClN5O. The second-order valence-corrected chi connectivity index (χ2v) is 4.13. The van der Waals surface area contributed by atoms with Crippen molar-refractivity contribution in [2.45, 2.75) is 6.04 Å². The molecule has 6 nitrogen and oxygen atoms in total. The number of hydrogen-bond donors (Lipinski definition) is 2. The fourth-order valence-electron chi connectivity index (χ4n) is 1.29. The SMILES string of the molecule is C=C(Cl)CNC(=O)c1cn(C2CNC2)nn1. The van der Waals surface area contributed by atoms with Gasteiger partial charge < -0.3 is 10.6 Å². The third-order valence-electron chi connectivity index (χ3n) is 2.32. The standard InChI is InChI=1S/C9H12ClN5O/c1-6(10)2-12-9(16)8-5-15(14-13-8)7-3-11-4-7/h5,7,11H,1-4H2,(H,12,16). The first-order valence-electron chi connectivity index (χ1n) is 4.91. The maximum atomic E-state index is 11.5. The number of carbonyl (C=O) groups is 1. The molecule has 1 aliphatic heterocycles. The van der Waals surface area contributed by atoms with Crippen LogP contribution in [-0.2, 0) is 0 Å². The van der Waals surface area contributed by atoms with Gasteiger partial charge in [0, 0.05) is 18.1 Å². The molecule has 0 radical (unpaired) electrons. The molecule has 0 unspecified atom stereocenters. The number of carbonyl (C=O) groups excluding carboxylic acids is 1. The monoisotopic (exact) mass is 241 g/mol. The molecule has 7 heteroatoms. The molecule has 86 valence electrons. The number of aromatic nitrogens is 3. The van der Waals surface area contributed by atoms with Crippen molar-refractivity contribution in [2.24, 2.45) is 0 Å². The number of amides is 1. The highest BCUT2D eigenvalue weighted by Gasteiger charge is 2.21. The van der Waals surface area contributed by atoms with Crippen molar-refractivity contribution in [3.05, 3.63) is 23.5 Å². The van der Waals surface area contributed by atoms with Gasteiger partial charge in [0.1, 0.15) is 0 Å². The summed E-state index contributed by atoms with van der Waals surface area (Å²) in [5.41, 5.74) is 0.296. The molecule has 16 heavy (non-hydrogen) atoms. The van der Waals surface area contributed by atoms with Crippen molar-refractivity contribution in [1.29, 1.82) is 0 Å². The lowest BCUT2D eigenvalue weighted by molar-refractivity contribution is 0.0952. The Balaban J connectivity index is 1.95. The maximum absolute atomic E-state index is 11.5. The van der Waals surface area contributed by atoms with Gasteiger partial charge in [-0.15, -0.1) is 5.10 Å². The van der Waals surface area contributed by atoms with E-state index in [4.69, 9.17) is 11.6 Å². The third-order valence-corrected chi connectivity index (χ3v) is 2.45. The van der Waals surface area contributed by atoms with Gasteiger partial charge in [0.15, 0.2) is 5.69 Å². The molecule has 1 saturated heterocycles. The van der Waals surface area contributed by atoms with Gasteiger partial charge in [-0.3, -0.25) is 4.79 Å². The lowest BCUT2D eigenvalue weighted by atomic mass is 10.2. The molecule has 1 amide bonds. The molecule has 0 spiro atoms. The van der Waals surface area contributed by atoms with E-state index in [-0.39, 0.29) is 12.5 Å².